The van der Waals surface area contributed by atoms with Gasteiger partial charge in [0, 0.05) is 13.1 Å². The second-order valence-corrected chi connectivity index (χ2v) is 6.71. The maximum absolute atomic E-state index is 5.87. The van der Waals surface area contributed by atoms with Crippen molar-refractivity contribution in [1.29, 1.82) is 0 Å². The van der Waals surface area contributed by atoms with Crippen molar-refractivity contribution in [3.05, 3.63) is 89.0 Å². The maximum atomic E-state index is 5.87. The normalized spacial score (nSPS) is 12.2. The lowest BCUT2D eigenvalue weighted by atomic mass is 10.1. The number of hydrogen-bond acceptors (Lipinski definition) is 4. The van der Waals surface area contributed by atoms with Crippen molar-refractivity contribution in [1.82, 2.24) is 5.32 Å². The summed E-state index contributed by atoms with van der Waals surface area (Å²) in [6.07, 6.45) is 0. The highest BCUT2D eigenvalue weighted by Gasteiger charge is 2.12. The van der Waals surface area contributed by atoms with E-state index in [9.17, 15) is 0 Å². The summed E-state index contributed by atoms with van der Waals surface area (Å²) in [6.45, 7) is 4.57. The minimum absolute atomic E-state index is 0.310. The molecule has 27 heavy (non-hydrogen) atoms. The van der Waals surface area contributed by atoms with Crippen LogP contribution in [-0.2, 0) is 19.7 Å². The molecule has 1 aliphatic heterocycles. The van der Waals surface area contributed by atoms with Crippen molar-refractivity contribution in [2.75, 3.05) is 6.79 Å². The topological polar surface area (TPSA) is 39.7 Å². The van der Waals surface area contributed by atoms with Gasteiger partial charge in [0.1, 0.15) is 12.4 Å². The molecule has 3 aromatic carbocycles. The molecule has 1 N–H and O–H groups in total. The average Bonchev–Trinajstić information content (AvgIpc) is 3.15. The summed E-state index contributed by atoms with van der Waals surface area (Å²) < 4.78 is 16.6. The van der Waals surface area contributed by atoms with Crippen LogP contribution in [0.15, 0.2) is 66.7 Å². The Morgan fingerprint density at radius 1 is 0.815 bits per heavy atom. The van der Waals surface area contributed by atoms with Gasteiger partial charge in [0.2, 0.25) is 6.79 Å². The number of aryl methyl sites for hydroxylation is 1. The summed E-state index contributed by atoms with van der Waals surface area (Å²) >= 11 is 0. The minimum atomic E-state index is 0.310. The van der Waals surface area contributed by atoms with E-state index < -0.39 is 0 Å². The van der Waals surface area contributed by atoms with Crippen LogP contribution in [0.4, 0.5) is 0 Å². The van der Waals surface area contributed by atoms with Crippen LogP contribution in [0.25, 0.3) is 0 Å². The van der Waals surface area contributed by atoms with Crippen LogP contribution >= 0.6 is 0 Å². The minimum Gasteiger partial charge on any atom is -0.489 e. The third-order valence-electron chi connectivity index (χ3n) is 4.51. The van der Waals surface area contributed by atoms with Gasteiger partial charge in [-0.05, 0) is 47.9 Å². The van der Waals surface area contributed by atoms with E-state index in [0.717, 1.165) is 30.3 Å². The van der Waals surface area contributed by atoms with E-state index in [4.69, 9.17) is 14.2 Å². The van der Waals surface area contributed by atoms with E-state index in [1.165, 1.54) is 22.3 Å². The van der Waals surface area contributed by atoms with Crippen molar-refractivity contribution in [2.24, 2.45) is 0 Å². The van der Waals surface area contributed by atoms with Crippen LogP contribution in [0.5, 0.6) is 17.2 Å². The third-order valence-corrected chi connectivity index (χ3v) is 4.51. The quantitative estimate of drug-likeness (QED) is 0.668. The first-order chi connectivity index (χ1) is 13.3. The summed E-state index contributed by atoms with van der Waals surface area (Å²) in [5, 5.41) is 3.46. The van der Waals surface area contributed by atoms with Gasteiger partial charge in [0.05, 0.1) is 0 Å². The van der Waals surface area contributed by atoms with Crippen molar-refractivity contribution in [3.8, 4) is 17.2 Å². The highest BCUT2D eigenvalue weighted by atomic mass is 16.7. The highest BCUT2D eigenvalue weighted by molar-refractivity contribution is 5.44. The zero-order valence-corrected chi connectivity index (χ0v) is 15.4. The van der Waals surface area contributed by atoms with Crippen molar-refractivity contribution in [2.45, 2.75) is 26.6 Å². The molecule has 0 fully saturated rings. The first-order valence-electron chi connectivity index (χ1n) is 9.13. The standard InChI is InChI=1S/C23H23NO3/c1-17-3-2-4-20(11-17)15-25-21-8-5-18(6-9-21)13-24-14-19-7-10-22-23(12-19)27-16-26-22/h2-12,24H,13-16H2,1H3. The molecule has 1 heterocycles. The lowest BCUT2D eigenvalue weighted by Crippen LogP contribution is -2.12. The molecule has 0 atom stereocenters. The number of fused-ring (bicyclic) bond motifs is 1. The Bertz CT molecular complexity index is 906. The van der Waals surface area contributed by atoms with E-state index in [2.05, 4.69) is 54.7 Å². The molecule has 4 rings (SSSR count). The number of benzene rings is 3. The van der Waals surface area contributed by atoms with Gasteiger partial charge in [-0.15, -0.1) is 0 Å². The van der Waals surface area contributed by atoms with Gasteiger partial charge in [-0.25, -0.2) is 0 Å². The molecule has 4 nitrogen and oxygen atoms in total. The van der Waals surface area contributed by atoms with Crippen LogP contribution in [0.2, 0.25) is 0 Å². The number of rotatable bonds is 7. The Morgan fingerprint density at radius 3 is 2.44 bits per heavy atom. The van der Waals surface area contributed by atoms with E-state index in [1.54, 1.807) is 0 Å². The van der Waals surface area contributed by atoms with Gasteiger partial charge >= 0.3 is 0 Å². The first kappa shape index (κ1) is 17.4. The molecule has 0 radical (unpaired) electrons. The molecule has 0 amide bonds. The Morgan fingerprint density at radius 2 is 1.59 bits per heavy atom. The number of ether oxygens (including phenoxy) is 3. The molecular formula is C23H23NO3. The molecule has 0 unspecified atom stereocenters. The highest BCUT2D eigenvalue weighted by Crippen LogP contribution is 2.32. The average molecular weight is 361 g/mol. The predicted octanol–water partition coefficient (Wildman–Crippen LogP) is 4.59. The van der Waals surface area contributed by atoms with Crippen LogP contribution in [0.3, 0.4) is 0 Å². The van der Waals surface area contributed by atoms with Gasteiger partial charge in [-0.3, -0.25) is 0 Å². The van der Waals surface area contributed by atoms with Crippen LogP contribution in [0.1, 0.15) is 22.3 Å². The summed E-state index contributed by atoms with van der Waals surface area (Å²) in [5.74, 6) is 2.53. The van der Waals surface area contributed by atoms with Gasteiger partial charge in [-0.2, -0.15) is 0 Å². The summed E-state index contributed by atoms with van der Waals surface area (Å²) in [4.78, 5) is 0. The molecule has 1 aliphatic rings. The second kappa shape index (κ2) is 8.14. The Labute approximate surface area is 159 Å². The fraction of sp³-hybridized carbons (Fsp3) is 0.217. The lowest BCUT2D eigenvalue weighted by molar-refractivity contribution is 0.174. The van der Waals surface area contributed by atoms with Crippen LogP contribution in [0, 0.1) is 6.92 Å². The first-order valence-corrected chi connectivity index (χ1v) is 9.13. The van der Waals surface area contributed by atoms with Crippen LogP contribution in [-0.4, -0.2) is 6.79 Å². The van der Waals surface area contributed by atoms with Gasteiger partial charge in [0.15, 0.2) is 11.5 Å². The van der Waals surface area contributed by atoms with Gasteiger partial charge < -0.3 is 19.5 Å². The molecule has 0 spiro atoms. The third kappa shape index (κ3) is 4.60. The Balaban J connectivity index is 1.25. The molecule has 0 saturated carbocycles. The molecule has 0 saturated heterocycles. The molecular weight excluding hydrogens is 338 g/mol. The Hall–Kier alpha value is -2.98. The molecule has 4 heteroatoms. The van der Waals surface area contributed by atoms with E-state index in [-0.39, 0.29) is 0 Å². The van der Waals surface area contributed by atoms with E-state index >= 15 is 0 Å². The van der Waals surface area contributed by atoms with E-state index in [1.807, 2.05) is 24.3 Å². The second-order valence-electron chi connectivity index (χ2n) is 6.71. The van der Waals surface area contributed by atoms with Crippen molar-refractivity contribution < 1.29 is 14.2 Å². The smallest absolute Gasteiger partial charge is 0.231 e. The molecule has 0 aliphatic carbocycles. The lowest BCUT2D eigenvalue weighted by Gasteiger charge is -2.09. The maximum Gasteiger partial charge on any atom is 0.231 e. The predicted molar refractivity (Wildman–Crippen MR) is 105 cm³/mol. The zero-order valence-electron chi connectivity index (χ0n) is 15.4. The fourth-order valence-electron chi connectivity index (χ4n) is 3.07. The van der Waals surface area contributed by atoms with Crippen molar-refractivity contribution in [3.63, 3.8) is 0 Å². The molecule has 3 aromatic rings. The largest absolute Gasteiger partial charge is 0.489 e. The van der Waals surface area contributed by atoms with Crippen LogP contribution < -0.4 is 19.5 Å². The molecule has 0 bridgehead atoms. The summed E-state index contributed by atoms with van der Waals surface area (Å²) in [6, 6.07) is 22.7. The SMILES string of the molecule is Cc1cccc(COc2ccc(CNCc3ccc4c(c3)OCO4)cc2)c1. The number of nitrogens with one attached hydrogen (secondary N) is 1. The van der Waals surface area contributed by atoms with Gasteiger partial charge in [0.25, 0.3) is 0 Å². The van der Waals surface area contributed by atoms with Crippen molar-refractivity contribution >= 4 is 0 Å². The number of hydrogen-bond donors (Lipinski definition) is 1. The van der Waals surface area contributed by atoms with Gasteiger partial charge in [-0.1, -0.05) is 48.0 Å². The summed E-state index contributed by atoms with van der Waals surface area (Å²) in [7, 11) is 0. The molecule has 138 valence electrons. The monoisotopic (exact) mass is 361 g/mol. The van der Waals surface area contributed by atoms with E-state index in [0.29, 0.717) is 13.4 Å². The fourth-order valence-corrected chi connectivity index (χ4v) is 3.07. The Kier molecular flexibility index (Phi) is 5.26. The zero-order chi connectivity index (χ0) is 18.5. The summed E-state index contributed by atoms with van der Waals surface area (Å²) in [5.41, 5.74) is 4.83. The molecule has 0 aromatic heterocycles.